The van der Waals surface area contributed by atoms with Crippen molar-refractivity contribution >= 4 is 28.6 Å². The van der Waals surface area contributed by atoms with Gasteiger partial charge in [0.15, 0.2) is 0 Å². The molecule has 4 heteroatoms. The molecule has 1 rings (SSSR count). The Balaban J connectivity index is 3.20. The molecule has 1 heterocycles. The second kappa shape index (κ2) is 5.63. The first kappa shape index (κ1) is 15.5. The third kappa shape index (κ3) is 3.08. The lowest BCUT2D eigenvalue weighted by Crippen LogP contribution is -2.14. The average Bonchev–Trinajstić information content (AvgIpc) is 2.52. The zero-order chi connectivity index (χ0) is 14.1. The Labute approximate surface area is 123 Å². The van der Waals surface area contributed by atoms with Crippen molar-refractivity contribution in [2.45, 2.75) is 45.5 Å². The van der Waals surface area contributed by atoms with Gasteiger partial charge < -0.3 is 9.72 Å². The molecule has 0 bridgehead atoms. The molecule has 0 fully saturated rings. The molecule has 0 aromatic carbocycles. The van der Waals surface area contributed by atoms with Gasteiger partial charge in [-0.15, -0.1) is 0 Å². The molecule has 1 atom stereocenters. The van der Waals surface area contributed by atoms with E-state index in [1.165, 1.54) is 5.56 Å². The summed E-state index contributed by atoms with van der Waals surface area (Å²) in [6.07, 6.45) is 0. The third-order valence-corrected chi connectivity index (χ3v) is 5.48. The van der Waals surface area contributed by atoms with Crippen molar-refractivity contribution in [2.24, 2.45) is 5.41 Å². The number of aryl methyl sites for hydroxylation is 1. The van der Waals surface area contributed by atoms with E-state index in [9.17, 15) is 4.79 Å². The Morgan fingerprint density at radius 3 is 2.39 bits per heavy atom. The molecular formula is C14H22INO2. The highest BCUT2D eigenvalue weighted by Crippen LogP contribution is 2.43. The first-order valence-corrected chi connectivity index (χ1v) is 7.45. The quantitative estimate of drug-likeness (QED) is 0.493. The lowest BCUT2D eigenvalue weighted by atomic mass is 9.86. The van der Waals surface area contributed by atoms with E-state index in [0.29, 0.717) is 16.2 Å². The molecule has 0 saturated carbocycles. The van der Waals surface area contributed by atoms with Gasteiger partial charge in [-0.05, 0) is 37.3 Å². The third-order valence-electron chi connectivity index (χ3n) is 2.99. The zero-order valence-electron chi connectivity index (χ0n) is 12.0. The lowest BCUT2D eigenvalue weighted by Gasteiger charge is -2.26. The fourth-order valence-corrected chi connectivity index (χ4v) is 2.92. The largest absolute Gasteiger partial charge is 0.461 e. The zero-order valence-corrected chi connectivity index (χ0v) is 14.1. The van der Waals surface area contributed by atoms with Crippen molar-refractivity contribution in [2.75, 3.05) is 6.61 Å². The monoisotopic (exact) mass is 363 g/mol. The summed E-state index contributed by atoms with van der Waals surface area (Å²) < 4.78 is 5.43. The fourth-order valence-electron chi connectivity index (χ4n) is 1.99. The maximum atomic E-state index is 11.8. The van der Waals surface area contributed by atoms with E-state index in [-0.39, 0.29) is 11.4 Å². The molecule has 1 aromatic rings. The smallest absolute Gasteiger partial charge is 0.355 e. The SMILES string of the molecule is CCOC(=O)c1[nH]c(C)c([C@H](I)C(C)(C)C)c1C. The standard InChI is InChI=1S/C14H22INO2/c1-7-18-13(17)11-8(2)10(9(3)16-11)12(15)14(4,5)6/h12,16H,7H2,1-6H3/t12-/m0/s1. The molecular weight excluding hydrogens is 341 g/mol. The minimum Gasteiger partial charge on any atom is -0.461 e. The summed E-state index contributed by atoms with van der Waals surface area (Å²) in [5.41, 5.74) is 4.05. The molecule has 3 nitrogen and oxygen atoms in total. The summed E-state index contributed by atoms with van der Waals surface area (Å²) in [6, 6.07) is 0. The Kier molecular flexibility index (Phi) is 4.86. The summed E-state index contributed by atoms with van der Waals surface area (Å²) >= 11 is 2.45. The van der Waals surface area contributed by atoms with Gasteiger partial charge in [0, 0.05) is 9.62 Å². The van der Waals surface area contributed by atoms with Crippen LogP contribution in [0.3, 0.4) is 0 Å². The van der Waals surface area contributed by atoms with Crippen LogP contribution in [0, 0.1) is 19.3 Å². The minimum atomic E-state index is -0.262. The average molecular weight is 363 g/mol. The van der Waals surface area contributed by atoms with Gasteiger partial charge in [0.25, 0.3) is 0 Å². The number of rotatable bonds is 3. The number of esters is 1. The normalized spacial score (nSPS) is 13.5. The summed E-state index contributed by atoms with van der Waals surface area (Å²) in [5, 5.41) is 0. The molecule has 0 unspecified atom stereocenters. The lowest BCUT2D eigenvalue weighted by molar-refractivity contribution is 0.0519. The molecule has 0 radical (unpaired) electrons. The van der Waals surface area contributed by atoms with Crippen LogP contribution in [0.25, 0.3) is 0 Å². The molecule has 0 spiro atoms. The number of ether oxygens (including phenoxy) is 1. The predicted octanol–water partition coefficient (Wildman–Crippen LogP) is 4.33. The van der Waals surface area contributed by atoms with Crippen LogP contribution in [0.2, 0.25) is 0 Å². The van der Waals surface area contributed by atoms with E-state index in [1.807, 2.05) is 20.8 Å². The van der Waals surface area contributed by atoms with E-state index < -0.39 is 0 Å². The molecule has 0 aliphatic rings. The molecule has 1 N–H and O–H groups in total. The Bertz CT molecular complexity index is 443. The van der Waals surface area contributed by atoms with Crippen LogP contribution in [0.15, 0.2) is 0 Å². The van der Waals surface area contributed by atoms with Gasteiger partial charge in [-0.25, -0.2) is 4.79 Å². The number of carbonyl (C=O) groups is 1. The Morgan fingerprint density at radius 2 is 1.94 bits per heavy atom. The highest BCUT2D eigenvalue weighted by Gasteiger charge is 2.29. The highest BCUT2D eigenvalue weighted by molar-refractivity contribution is 14.1. The van der Waals surface area contributed by atoms with Gasteiger partial charge >= 0.3 is 5.97 Å². The van der Waals surface area contributed by atoms with Crippen molar-refractivity contribution in [3.8, 4) is 0 Å². The summed E-state index contributed by atoms with van der Waals surface area (Å²) in [6.45, 7) is 12.9. The van der Waals surface area contributed by atoms with E-state index in [2.05, 4.69) is 48.3 Å². The number of nitrogens with one attached hydrogen (secondary N) is 1. The van der Waals surface area contributed by atoms with E-state index in [0.717, 1.165) is 11.3 Å². The number of H-pyrrole nitrogens is 1. The fraction of sp³-hybridized carbons (Fsp3) is 0.643. The first-order valence-electron chi connectivity index (χ1n) is 6.20. The molecule has 102 valence electrons. The van der Waals surface area contributed by atoms with E-state index in [4.69, 9.17) is 4.74 Å². The molecule has 18 heavy (non-hydrogen) atoms. The second-order valence-electron chi connectivity index (χ2n) is 5.61. The van der Waals surface area contributed by atoms with Crippen LogP contribution >= 0.6 is 22.6 Å². The number of hydrogen-bond acceptors (Lipinski definition) is 2. The number of carbonyl (C=O) groups excluding carboxylic acids is 1. The van der Waals surface area contributed by atoms with E-state index in [1.54, 1.807) is 0 Å². The van der Waals surface area contributed by atoms with Crippen LogP contribution in [-0.2, 0) is 4.74 Å². The van der Waals surface area contributed by atoms with Crippen molar-refractivity contribution < 1.29 is 9.53 Å². The van der Waals surface area contributed by atoms with Crippen LogP contribution in [0.1, 0.15) is 58.9 Å². The Morgan fingerprint density at radius 1 is 1.39 bits per heavy atom. The van der Waals surface area contributed by atoms with E-state index >= 15 is 0 Å². The van der Waals surface area contributed by atoms with Crippen molar-refractivity contribution in [3.63, 3.8) is 0 Å². The van der Waals surface area contributed by atoms with Gasteiger partial charge in [0.05, 0.1) is 6.61 Å². The van der Waals surface area contributed by atoms with Crippen LogP contribution < -0.4 is 0 Å². The number of hydrogen-bond donors (Lipinski definition) is 1. The van der Waals surface area contributed by atoms with Crippen LogP contribution in [0.4, 0.5) is 0 Å². The molecule has 1 aromatic heterocycles. The van der Waals surface area contributed by atoms with Gasteiger partial charge in [0.1, 0.15) is 5.69 Å². The number of halogens is 1. The predicted molar refractivity (Wildman–Crippen MR) is 82.4 cm³/mol. The first-order chi connectivity index (χ1) is 8.20. The van der Waals surface area contributed by atoms with Gasteiger partial charge in [-0.1, -0.05) is 43.4 Å². The minimum absolute atomic E-state index is 0.157. The van der Waals surface area contributed by atoms with Gasteiger partial charge in [-0.2, -0.15) is 0 Å². The molecule has 0 saturated heterocycles. The maximum Gasteiger partial charge on any atom is 0.355 e. The molecule has 0 amide bonds. The number of aromatic amines is 1. The van der Waals surface area contributed by atoms with Crippen molar-refractivity contribution in [3.05, 3.63) is 22.5 Å². The van der Waals surface area contributed by atoms with Gasteiger partial charge in [-0.3, -0.25) is 0 Å². The van der Waals surface area contributed by atoms with Crippen LogP contribution in [0.5, 0.6) is 0 Å². The molecule has 0 aliphatic carbocycles. The van der Waals surface area contributed by atoms with Crippen molar-refractivity contribution in [1.82, 2.24) is 4.98 Å². The summed E-state index contributed by atoms with van der Waals surface area (Å²) in [7, 11) is 0. The topological polar surface area (TPSA) is 42.1 Å². The Hall–Kier alpha value is -0.520. The number of aromatic nitrogens is 1. The second-order valence-corrected chi connectivity index (χ2v) is 6.86. The number of alkyl halides is 1. The van der Waals surface area contributed by atoms with Gasteiger partial charge in [0.2, 0.25) is 0 Å². The van der Waals surface area contributed by atoms with Crippen molar-refractivity contribution in [1.29, 1.82) is 0 Å². The van der Waals surface area contributed by atoms with Crippen LogP contribution in [-0.4, -0.2) is 17.6 Å². The summed E-state index contributed by atoms with van der Waals surface area (Å²) in [4.78, 5) is 15.0. The maximum absolute atomic E-state index is 11.8. The summed E-state index contributed by atoms with van der Waals surface area (Å²) in [5.74, 6) is -0.262. The highest BCUT2D eigenvalue weighted by atomic mass is 127. The molecule has 0 aliphatic heterocycles.